The summed E-state index contributed by atoms with van der Waals surface area (Å²) >= 11 is 0. The number of carbonyl (C=O) groups excluding carboxylic acids is 1. The molecule has 0 unspecified atom stereocenters. The van der Waals surface area contributed by atoms with Crippen molar-refractivity contribution >= 4 is 5.91 Å². The average molecular weight is 424 g/mol. The number of H-pyrrole nitrogens is 1. The number of aryl methyl sites for hydroxylation is 1. The lowest BCUT2D eigenvalue weighted by molar-refractivity contribution is -0.121. The summed E-state index contributed by atoms with van der Waals surface area (Å²) in [5, 5.41) is 10.9. The van der Waals surface area contributed by atoms with Crippen molar-refractivity contribution in [2.24, 2.45) is 0 Å². The average Bonchev–Trinajstić information content (AvgIpc) is 2.77. The molecule has 2 aromatic carbocycles. The molecule has 31 heavy (non-hydrogen) atoms. The first kappa shape index (κ1) is 22.1. The summed E-state index contributed by atoms with van der Waals surface area (Å²) in [6.07, 6.45) is 1.24. The van der Waals surface area contributed by atoms with Crippen LogP contribution in [-0.4, -0.2) is 27.1 Å². The Kier molecular flexibility index (Phi) is 7.48. The number of halogens is 1. The maximum atomic E-state index is 13.2. The Hall–Kier alpha value is -3.55. The Bertz CT molecular complexity index is 1080. The highest BCUT2D eigenvalue weighted by molar-refractivity contribution is 5.76. The molecule has 1 amide bonds. The van der Waals surface area contributed by atoms with Crippen molar-refractivity contribution < 1.29 is 13.9 Å². The maximum absolute atomic E-state index is 13.2. The molecule has 2 N–H and O–H groups in total. The van der Waals surface area contributed by atoms with Crippen LogP contribution < -0.4 is 15.6 Å². The molecule has 0 aliphatic heterocycles. The summed E-state index contributed by atoms with van der Waals surface area (Å²) in [6, 6.07) is 13.3. The molecule has 0 saturated heterocycles. The number of ether oxygens (including phenoxy) is 1. The van der Waals surface area contributed by atoms with Gasteiger partial charge in [-0.2, -0.15) is 0 Å². The van der Waals surface area contributed by atoms with Crippen molar-refractivity contribution in [1.29, 1.82) is 0 Å². The number of rotatable bonds is 9. The Morgan fingerprint density at radius 3 is 2.65 bits per heavy atom. The van der Waals surface area contributed by atoms with Crippen LogP contribution in [0.15, 0.2) is 53.3 Å². The van der Waals surface area contributed by atoms with Crippen molar-refractivity contribution in [3.05, 3.63) is 76.0 Å². The third-order valence-electron chi connectivity index (χ3n) is 4.80. The van der Waals surface area contributed by atoms with Gasteiger partial charge < -0.3 is 15.0 Å². The van der Waals surface area contributed by atoms with Crippen LogP contribution in [0, 0.1) is 5.82 Å². The lowest BCUT2D eigenvalue weighted by atomic mass is 10.2. The number of amides is 1. The Balaban J connectivity index is 1.59. The second-order valence-electron chi connectivity index (χ2n) is 7.27. The lowest BCUT2D eigenvalue weighted by Crippen LogP contribution is -2.32. The molecular formula is C23H25FN4O3. The van der Waals surface area contributed by atoms with Crippen LogP contribution in [0.4, 0.5) is 4.39 Å². The fourth-order valence-electron chi connectivity index (χ4n) is 2.84. The number of hydrogen-bond donors (Lipinski definition) is 2. The van der Waals surface area contributed by atoms with E-state index in [1.807, 2.05) is 13.8 Å². The minimum atomic E-state index is -0.368. The van der Waals surface area contributed by atoms with Crippen LogP contribution in [0.2, 0.25) is 0 Å². The van der Waals surface area contributed by atoms with E-state index in [1.54, 1.807) is 36.4 Å². The number of nitrogens with zero attached hydrogens (tertiary/aromatic N) is 2. The Morgan fingerprint density at radius 2 is 1.97 bits per heavy atom. The zero-order valence-corrected chi connectivity index (χ0v) is 17.5. The van der Waals surface area contributed by atoms with E-state index in [0.29, 0.717) is 17.1 Å². The van der Waals surface area contributed by atoms with E-state index < -0.39 is 0 Å². The summed E-state index contributed by atoms with van der Waals surface area (Å²) < 4.78 is 18.9. The summed E-state index contributed by atoms with van der Waals surface area (Å²) in [5.74, 6) is 0.508. The minimum Gasteiger partial charge on any atom is -0.489 e. The van der Waals surface area contributed by atoms with E-state index in [0.717, 1.165) is 12.0 Å². The first-order valence-electron chi connectivity index (χ1n) is 10.2. The van der Waals surface area contributed by atoms with Gasteiger partial charge in [-0.15, -0.1) is 10.2 Å². The van der Waals surface area contributed by atoms with E-state index in [9.17, 15) is 14.0 Å². The molecule has 3 aromatic rings. The topological polar surface area (TPSA) is 97.0 Å². The molecule has 8 heteroatoms. The third-order valence-corrected chi connectivity index (χ3v) is 4.80. The van der Waals surface area contributed by atoms with Gasteiger partial charge in [0.25, 0.3) is 5.56 Å². The van der Waals surface area contributed by atoms with Crippen molar-refractivity contribution in [3.63, 3.8) is 0 Å². The number of hydrogen-bond acceptors (Lipinski definition) is 5. The molecule has 0 fully saturated rings. The lowest BCUT2D eigenvalue weighted by Gasteiger charge is -2.10. The molecule has 1 aromatic heterocycles. The van der Waals surface area contributed by atoms with E-state index in [1.165, 1.54) is 12.1 Å². The fourth-order valence-corrected chi connectivity index (χ4v) is 2.84. The first-order valence-corrected chi connectivity index (χ1v) is 10.2. The molecule has 1 atom stereocenters. The molecule has 0 bridgehead atoms. The Morgan fingerprint density at radius 1 is 1.19 bits per heavy atom. The second kappa shape index (κ2) is 10.5. The van der Waals surface area contributed by atoms with Gasteiger partial charge in [0.15, 0.2) is 5.82 Å². The molecule has 0 radical (unpaired) electrons. The van der Waals surface area contributed by atoms with Gasteiger partial charge in [0.2, 0.25) is 5.91 Å². The maximum Gasteiger partial charge on any atom is 0.273 e. The SMILES string of the molecule is CC[C@@H](C)NC(=O)CCc1nnc(-c2ccc(OCc3cccc(F)c3)cc2)[nH]c1=O. The molecule has 3 rings (SSSR count). The van der Waals surface area contributed by atoms with Crippen LogP contribution in [0.25, 0.3) is 11.4 Å². The number of nitrogens with one attached hydrogen (secondary N) is 2. The highest BCUT2D eigenvalue weighted by atomic mass is 19.1. The number of aromatic nitrogens is 3. The van der Waals surface area contributed by atoms with Crippen LogP contribution in [0.1, 0.15) is 37.9 Å². The van der Waals surface area contributed by atoms with Gasteiger partial charge in [-0.3, -0.25) is 9.59 Å². The molecule has 0 aliphatic rings. The first-order chi connectivity index (χ1) is 14.9. The van der Waals surface area contributed by atoms with E-state index in [-0.39, 0.29) is 48.5 Å². The predicted octanol–water partition coefficient (Wildman–Crippen LogP) is 3.40. The monoisotopic (exact) mass is 424 g/mol. The van der Waals surface area contributed by atoms with Crippen LogP contribution in [-0.2, 0) is 17.8 Å². The predicted molar refractivity (Wildman–Crippen MR) is 115 cm³/mol. The van der Waals surface area contributed by atoms with E-state index in [2.05, 4.69) is 20.5 Å². The molecule has 0 spiro atoms. The van der Waals surface area contributed by atoms with Gasteiger partial charge in [-0.05, 0) is 55.3 Å². The summed E-state index contributed by atoms with van der Waals surface area (Å²) in [7, 11) is 0. The van der Waals surface area contributed by atoms with Crippen molar-refractivity contribution in [2.75, 3.05) is 0 Å². The summed E-state index contributed by atoms with van der Waals surface area (Å²) in [5.41, 5.74) is 1.25. The van der Waals surface area contributed by atoms with Gasteiger partial charge in [0.05, 0.1) is 0 Å². The molecule has 0 saturated carbocycles. The Labute approximate surface area is 179 Å². The molecule has 7 nitrogen and oxygen atoms in total. The minimum absolute atomic E-state index is 0.0973. The number of carbonyl (C=O) groups is 1. The smallest absolute Gasteiger partial charge is 0.273 e. The second-order valence-corrected chi connectivity index (χ2v) is 7.27. The van der Waals surface area contributed by atoms with Crippen LogP contribution >= 0.6 is 0 Å². The van der Waals surface area contributed by atoms with Crippen molar-refractivity contribution in [2.45, 2.75) is 45.8 Å². The molecule has 1 heterocycles. The summed E-state index contributed by atoms with van der Waals surface area (Å²) in [4.78, 5) is 26.9. The quantitative estimate of drug-likeness (QED) is 0.549. The van der Waals surface area contributed by atoms with Gasteiger partial charge >= 0.3 is 0 Å². The number of aromatic amines is 1. The zero-order chi connectivity index (χ0) is 22.2. The van der Waals surface area contributed by atoms with E-state index >= 15 is 0 Å². The standard InChI is InChI=1S/C23H25FN4O3/c1-3-15(2)25-21(29)12-11-20-23(30)26-22(28-27-20)17-7-9-19(10-8-17)31-14-16-5-4-6-18(24)13-16/h4-10,13,15H,3,11-12,14H2,1-2H3,(H,25,29)(H,26,28,30)/t15-/m1/s1. The van der Waals surface area contributed by atoms with Gasteiger partial charge in [0, 0.05) is 24.4 Å². The normalized spacial score (nSPS) is 11.7. The highest BCUT2D eigenvalue weighted by Crippen LogP contribution is 2.19. The summed E-state index contributed by atoms with van der Waals surface area (Å²) in [6.45, 7) is 4.16. The molecule has 162 valence electrons. The number of benzene rings is 2. The van der Waals surface area contributed by atoms with Crippen LogP contribution in [0.5, 0.6) is 5.75 Å². The third kappa shape index (κ3) is 6.47. The zero-order valence-electron chi connectivity index (χ0n) is 17.5. The molecule has 0 aliphatic carbocycles. The van der Waals surface area contributed by atoms with E-state index in [4.69, 9.17) is 4.74 Å². The largest absolute Gasteiger partial charge is 0.489 e. The molecular weight excluding hydrogens is 399 g/mol. The highest BCUT2D eigenvalue weighted by Gasteiger charge is 2.11. The van der Waals surface area contributed by atoms with Gasteiger partial charge in [-0.1, -0.05) is 19.1 Å². The van der Waals surface area contributed by atoms with Crippen molar-refractivity contribution in [3.8, 4) is 17.1 Å². The van der Waals surface area contributed by atoms with Gasteiger partial charge in [0.1, 0.15) is 23.9 Å². The fraction of sp³-hybridized carbons (Fsp3) is 0.304. The van der Waals surface area contributed by atoms with Crippen LogP contribution in [0.3, 0.4) is 0 Å². The van der Waals surface area contributed by atoms with Gasteiger partial charge in [-0.25, -0.2) is 4.39 Å². The van der Waals surface area contributed by atoms with Crippen molar-refractivity contribution in [1.82, 2.24) is 20.5 Å².